The van der Waals surface area contributed by atoms with Gasteiger partial charge in [-0.25, -0.2) is 13.0 Å². The van der Waals surface area contributed by atoms with Crippen LogP contribution in [-0.4, -0.2) is 94.8 Å². The third kappa shape index (κ3) is 19.2. The molecule has 0 aliphatic heterocycles. The fourth-order valence-corrected chi connectivity index (χ4v) is 5.81. The van der Waals surface area contributed by atoms with Crippen molar-refractivity contribution >= 4 is 35.6 Å². The van der Waals surface area contributed by atoms with Gasteiger partial charge in [-0.2, -0.15) is 13.2 Å². The second kappa shape index (κ2) is 20.5. The largest absolute Gasteiger partial charge is 0.501 e. The molecule has 0 fully saturated rings. The number of benzene rings is 1. The van der Waals surface area contributed by atoms with E-state index >= 15 is 0 Å². The Morgan fingerprint density at radius 2 is 1.42 bits per heavy atom. The van der Waals surface area contributed by atoms with Gasteiger partial charge >= 0.3 is 31.2 Å². The van der Waals surface area contributed by atoms with E-state index in [4.69, 9.17) is 23.3 Å². The SMILES string of the molecule is CCCCCCCCCC(=O)OCC(COP(=O)(O)OCC[N+](C)(C)C)OC(=O)CC(C)(C)CC(=O)Oc1ccc(S(=O)(=O)C(F)(F)F)cc1. The Bertz CT molecular complexity index is 1380. The Hall–Kier alpha value is -2.56. The Morgan fingerprint density at radius 3 is 1.98 bits per heavy atom. The number of hydrogen-bond donors (Lipinski definition) is 1. The summed E-state index contributed by atoms with van der Waals surface area (Å²) in [6.07, 6.45) is 5.06. The lowest BCUT2D eigenvalue weighted by Gasteiger charge is -2.25. The molecule has 0 radical (unpaired) electrons. The van der Waals surface area contributed by atoms with Crippen LogP contribution < -0.4 is 4.74 Å². The van der Waals surface area contributed by atoms with Gasteiger partial charge in [-0.1, -0.05) is 59.3 Å². The van der Waals surface area contributed by atoms with E-state index in [1.807, 2.05) is 21.1 Å². The third-order valence-electron chi connectivity index (χ3n) is 7.07. The first kappa shape index (κ1) is 45.5. The highest BCUT2D eigenvalue weighted by Crippen LogP contribution is 2.43. The van der Waals surface area contributed by atoms with Gasteiger partial charge in [0, 0.05) is 6.42 Å². The number of rotatable bonds is 24. The number of phosphoric ester groups is 1. The normalized spacial score (nSPS) is 14.4. The van der Waals surface area contributed by atoms with E-state index in [-0.39, 0.29) is 31.6 Å². The van der Waals surface area contributed by atoms with Crippen LogP contribution in [0.15, 0.2) is 29.2 Å². The Kier molecular flexibility index (Phi) is 18.6. The predicted molar refractivity (Wildman–Crippen MR) is 176 cm³/mol. The molecule has 0 bridgehead atoms. The van der Waals surface area contributed by atoms with E-state index in [0.717, 1.165) is 50.7 Å². The number of nitrogens with zero attached hydrogens (tertiary/aromatic N) is 1. The first-order valence-electron chi connectivity index (χ1n) is 16.4. The standard InChI is InChI=1S/C32H51F3NO12PS/c1-7-8-9-10-11-12-13-14-28(37)44-23-26(24-46-49(40,41)45-20-19-36(4,5)6)48-30(39)22-31(2,3)21-29(38)47-25-15-17-27(18-16-25)50(42,43)32(33,34)35/h15-18,26H,7-14,19-24H2,1-6H3/p+1. The Morgan fingerprint density at radius 1 is 0.860 bits per heavy atom. The van der Waals surface area contributed by atoms with Gasteiger partial charge in [-0.15, -0.1) is 0 Å². The van der Waals surface area contributed by atoms with Gasteiger partial charge < -0.3 is 23.6 Å². The highest BCUT2D eigenvalue weighted by molar-refractivity contribution is 7.92. The maximum absolute atomic E-state index is 12.9. The van der Waals surface area contributed by atoms with Crippen molar-refractivity contribution in [3.8, 4) is 5.75 Å². The van der Waals surface area contributed by atoms with Crippen LogP contribution in [0.4, 0.5) is 13.2 Å². The lowest BCUT2D eigenvalue weighted by molar-refractivity contribution is -0.870. The number of esters is 3. The summed E-state index contributed by atoms with van der Waals surface area (Å²) in [5, 5.41) is 0. The predicted octanol–water partition coefficient (Wildman–Crippen LogP) is 6.13. The lowest BCUT2D eigenvalue weighted by Crippen LogP contribution is -2.37. The second-order valence-electron chi connectivity index (χ2n) is 13.7. The molecule has 1 aromatic rings. The van der Waals surface area contributed by atoms with Crippen molar-refractivity contribution in [2.45, 2.75) is 101 Å². The zero-order chi connectivity index (χ0) is 38.2. The van der Waals surface area contributed by atoms with Crippen molar-refractivity contribution < 1.29 is 73.2 Å². The minimum absolute atomic E-state index is 0.101. The van der Waals surface area contributed by atoms with Gasteiger partial charge in [0.1, 0.15) is 25.5 Å². The van der Waals surface area contributed by atoms with E-state index in [0.29, 0.717) is 29.6 Å². The van der Waals surface area contributed by atoms with Crippen molar-refractivity contribution in [1.82, 2.24) is 0 Å². The quantitative estimate of drug-likeness (QED) is 0.0421. The molecule has 13 nitrogen and oxygen atoms in total. The van der Waals surface area contributed by atoms with Crippen LogP contribution in [0.25, 0.3) is 0 Å². The summed E-state index contributed by atoms with van der Waals surface area (Å²) < 4.78 is 100. The Labute approximate surface area is 292 Å². The molecule has 0 spiro atoms. The lowest BCUT2D eigenvalue weighted by atomic mass is 9.86. The molecule has 2 atom stereocenters. The molecular formula is C32H52F3NO12PS+. The number of sulfone groups is 1. The number of halogens is 3. The van der Waals surface area contributed by atoms with Gasteiger partial charge in [0.25, 0.3) is 9.84 Å². The van der Waals surface area contributed by atoms with Crippen LogP contribution in [0.5, 0.6) is 5.75 Å². The number of phosphoric acid groups is 1. The van der Waals surface area contributed by atoms with Crippen LogP contribution in [0, 0.1) is 5.41 Å². The van der Waals surface area contributed by atoms with Crippen LogP contribution in [0.1, 0.15) is 85.0 Å². The maximum atomic E-state index is 12.9. The van der Waals surface area contributed by atoms with Crippen molar-refractivity contribution in [2.24, 2.45) is 5.41 Å². The third-order valence-corrected chi connectivity index (χ3v) is 9.56. The summed E-state index contributed by atoms with van der Waals surface area (Å²) >= 11 is 0. The number of likely N-dealkylation sites (N-methyl/N-ethyl adjacent to an activating group) is 1. The average Bonchev–Trinajstić information content (AvgIpc) is 2.96. The van der Waals surface area contributed by atoms with Crippen molar-refractivity contribution in [3.05, 3.63) is 24.3 Å². The number of alkyl halides is 3. The number of carbonyl (C=O) groups excluding carboxylic acids is 3. The van der Waals surface area contributed by atoms with Gasteiger partial charge in [0.05, 0.1) is 45.5 Å². The van der Waals surface area contributed by atoms with Crippen molar-refractivity contribution in [3.63, 3.8) is 0 Å². The number of hydrogen-bond acceptors (Lipinski definition) is 11. The van der Waals surface area contributed by atoms with E-state index in [1.165, 1.54) is 13.8 Å². The molecular weight excluding hydrogens is 710 g/mol. The smallest absolute Gasteiger partial charge is 0.462 e. The molecule has 0 aliphatic rings. The molecule has 0 heterocycles. The van der Waals surface area contributed by atoms with E-state index in [9.17, 15) is 45.4 Å². The molecule has 288 valence electrons. The highest BCUT2D eigenvalue weighted by Gasteiger charge is 2.46. The van der Waals surface area contributed by atoms with Gasteiger partial charge in [0.15, 0.2) is 6.10 Å². The maximum Gasteiger partial charge on any atom is 0.501 e. The molecule has 0 saturated carbocycles. The number of carbonyl (C=O) groups is 3. The average molecular weight is 763 g/mol. The minimum Gasteiger partial charge on any atom is -0.462 e. The van der Waals surface area contributed by atoms with Crippen LogP contribution in [0.2, 0.25) is 0 Å². The summed E-state index contributed by atoms with van der Waals surface area (Å²) in [6.45, 7) is 4.37. The molecule has 1 aromatic carbocycles. The van der Waals surface area contributed by atoms with Gasteiger partial charge in [-0.05, 0) is 36.1 Å². The topological polar surface area (TPSA) is 169 Å². The summed E-state index contributed by atoms with van der Waals surface area (Å²) in [4.78, 5) is 46.9. The Balaban J connectivity index is 2.80. The monoisotopic (exact) mass is 762 g/mol. The summed E-state index contributed by atoms with van der Waals surface area (Å²) in [5.41, 5.74) is -6.59. The van der Waals surface area contributed by atoms with Crippen LogP contribution in [0.3, 0.4) is 0 Å². The molecule has 0 saturated heterocycles. The zero-order valence-electron chi connectivity index (χ0n) is 29.7. The zero-order valence-corrected chi connectivity index (χ0v) is 31.4. The summed E-state index contributed by atoms with van der Waals surface area (Å²) in [6, 6.07) is 3.08. The number of quaternary nitrogens is 1. The fourth-order valence-electron chi connectivity index (χ4n) is 4.30. The molecule has 50 heavy (non-hydrogen) atoms. The second-order valence-corrected chi connectivity index (χ2v) is 17.1. The minimum atomic E-state index is -5.58. The molecule has 0 aliphatic carbocycles. The molecule has 2 unspecified atom stereocenters. The van der Waals surface area contributed by atoms with Crippen LogP contribution >= 0.6 is 7.82 Å². The first-order chi connectivity index (χ1) is 23.0. The van der Waals surface area contributed by atoms with Gasteiger partial charge in [0.2, 0.25) is 0 Å². The highest BCUT2D eigenvalue weighted by atomic mass is 32.2. The molecule has 18 heteroatoms. The summed E-state index contributed by atoms with van der Waals surface area (Å²) in [5.74, 6) is -2.50. The molecule has 0 aromatic heterocycles. The van der Waals surface area contributed by atoms with Crippen molar-refractivity contribution in [1.29, 1.82) is 0 Å². The van der Waals surface area contributed by atoms with Crippen molar-refractivity contribution in [2.75, 3.05) is 47.5 Å². The number of unbranched alkanes of at least 4 members (excludes halogenated alkanes) is 6. The first-order valence-corrected chi connectivity index (χ1v) is 19.3. The molecule has 1 rings (SSSR count). The number of ether oxygens (including phenoxy) is 3. The van der Waals surface area contributed by atoms with E-state index in [1.54, 1.807) is 0 Å². The molecule has 1 N–H and O–H groups in total. The van der Waals surface area contributed by atoms with Crippen LogP contribution in [-0.2, 0) is 47.3 Å². The van der Waals surface area contributed by atoms with E-state index < -0.39 is 70.7 Å². The van der Waals surface area contributed by atoms with E-state index in [2.05, 4.69) is 6.92 Å². The summed E-state index contributed by atoms with van der Waals surface area (Å²) in [7, 11) is -4.57. The van der Waals surface area contributed by atoms with Gasteiger partial charge in [-0.3, -0.25) is 23.4 Å². The fraction of sp³-hybridized carbons (Fsp3) is 0.719. The molecule has 0 amide bonds.